The van der Waals surface area contributed by atoms with Crippen LogP contribution in [0.15, 0.2) is 42.5 Å². The third-order valence-corrected chi connectivity index (χ3v) is 4.33. The van der Waals surface area contributed by atoms with Crippen molar-refractivity contribution in [1.29, 1.82) is 0 Å². The Kier molecular flexibility index (Phi) is 3.55. The molecule has 20 heavy (non-hydrogen) atoms. The second-order valence-electron chi connectivity index (χ2n) is 5.49. The molecule has 0 spiro atoms. The Hall–Kier alpha value is -1.71. The molecule has 1 fully saturated rings. The fourth-order valence-corrected chi connectivity index (χ4v) is 2.92. The van der Waals surface area contributed by atoms with Crippen LogP contribution in [0.25, 0.3) is 10.8 Å². The summed E-state index contributed by atoms with van der Waals surface area (Å²) in [7, 11) is 0. The summed E-state index contributed by atoms with van der Waals surface area (Å²) in [6, 6.07) is 14.0. The number of nitrogens with two attached hydrogens (primary N) is 1. The van der Waals surface area contributed by atoms with Crippen molar-refractivity contribution in [2.75, 3.05) is 19.8 Å². The topological polar surface area (TPSA) is 52.3 Å². The van der Waals surface area contributed by atoms with E-state index in [1.54, 1.807) is 0 Å². The first kappa shape index (κ1) is 13.3. The van der Waals surface area contributed by atoms with E-state index in [0.717, 1.165) is 29.2 Å². The molecule has 3 nitrogen and oxygen atoms in total. The number of fused-ring (bicyclic) bond motifs is 1. The smallest absolute Gasteiger partial charge is 0.170 e. The van der Waals surface area contributed by atoms with Gasteiger partial charge < -0.3 is 10.5 Å². The SMILES string of the molecule is NCC1(C(=O)c2ccc3ccccc3c2)CCOCC1. The average Bonchev–Trinajstić information content (AvgIpc) is 2.54. The van der Waals surface area contributed by atoms with E-state index in [1.165, 1.54) is 0 Å². The molecule has 0 bridgehead atoms. The lowest BCUT2D eigenvalue weighted by Gasteiger charge is -2.34. The lowest BCUT2D eigenvalue weighted by Crippen LogP contribution is -2.43. The number of Topliss-reactive ketones (excluding diaryl/α,β-unsaturated/α-hetero) is 1. The van der Waals surface area contributed by atoms with Crippen molar-refractivity contribution in [1.82, 2.24) is 0 Å². The predicted molar refractivity (Wildman–Crippen MR) is 79.8 cm³/mol. The quantitative estimate of drug-likeness (QED) is 0.872. The molecule has 2 aromatic rings. The van der Waals surface area contributed by atoms with Gasteiger partial charge in [-0.2, -0.15) is 0 Å². The summed E-state index contributed by atoms with van der Waals surface area (Å²) in [5.41, 5.74) is 6.23. The van der Waals surface area contributed by atoms with Gasteiger partial charge in [-0.25, -0.2) is 0 Å². The van der Waals surface area contributed by atoms with E-state index in [-0.39, 0.29) is 5.78 Å². The Balaban J connectivity index is 1.98. The van der Waals surface area contributed by atoms with Gasteiger partial charge in [-0.05, 0) is 29.7 Å². The minimum atomic E-state index is -0.444. The molecule has 2 aromatic carbocycles. The normalized spacial score (nSPS) is 18.1. The van der Waals surface area contributed by atoms with Crippen molar-refractivity contribution in [3.63, 3.8) is 0 Å². The third kappa shape index (κ3) is 2.23. The molecule has 3 heteroatoms. The molecular weight excluding hydrogens is 250 g/mol. The van der Waals surface area contributed by atoms with E-state index in [9.17, 15) is 4.79 Å². The van der Waals surface area contributed by atoms with Crippen molar-refractivity contribution in [3.8, 4) is 0 Å². The zero-order chi connectivity index (χ0) is 14.0. The van der Waals surface area contributed by atoms with Crippen LogP contribution >= 0.6 is 0 Å². The summed E-state index contributed by atoms with van der Waals surface area (Å²) in [5.74, 6) is 0.161. The monoisotopic (exact) mass is 269 g/mol. The summed E-state index contributed by atoms with van der Waals surface area (Å²) in [6.07, 6.45) is 1.43. The second kappa shape index (κ2) is 5.35. The van der Waals surface area contributed by atoms with Crippen LogP contribution < -0.4 is 5.73 Å². The highest BCUT2D eigenvalue weighted by atomic mass is 16.5. The van der Waals surface area contributed by atoms with E-state index in [0.29, 0.717) is 19.8 Å². The molecule has 1 heterocycles. The van der Waals surface area contributed by atoms with E-state index < -0.39 is 5.41 Å². The maximum atomic E-state index is 12.9. The maximum absolute atomic E-state index is 12.9. The molecule has 1 aliphatic heterocycles. The van der Waals surface area contributed by atoms with E-state index >= 15 is 0 Å². The molecule has 0 atom stereocenters. The Bertz CT molecular complexity index is 630. The van der Waals surface area contributed by atoms with Crippen LogP contribution in [-0.4, -0.2) is 25.5 Å². The highest BCUT2D eigenvalue weighted by Gasteiger charge is 2.39. The molecule has 1 saturated heterocycles. The van der Waals surface area contributed by atoms with E-state index in [1.807, 2.05) is 36.4 Å². The summed E-state index contributed by atoms with van der Waals surface area (Å²) in [4.78, 5) is 12.9. The number of benzene rings is 2. The van der Waals surface area contributed by atoms with Crippen LogP contribution in [0.5, 0.6) is 0 Å². The Morgan fingerprint density at radius 2 is 1.80 bits per heavy atom. The van der Waals surface area contributed by atoms with Crippen LogP contribution in [0.2, 0.25) is 0 Å². The number of ether oxygens (including phenoxy) is 1. The van der Waals surface area contributed by atoms with Gasteiger partial charge in [-0.15, -0.1) is 0 Å². The third-order valence-electron chi connectivity index (χ3n) is 4.33. The molecule has 0 saturated carbocycles. The van der Waals surface area contributed by atoms with Crippen LogP contribution in [0.3, 0.4) is 0 Å². The Morgan fingerprint density at radius 1 is 1.10 bits per heavy atom. The Labute approximate surface area is 118 Å². The van der Waals surface area contributed by atoms with E-state index in [2.05, 4.69) is 6.07 Å². The molecule has 1 aliphatic rings. The van der Waals surface area contributed by atoms with Gasteiger partial charge >= 0.3 is 0 Å². The lowest BCUT2D eigenvalue weighted by atomic mass is 9.74. The number of hydrogen-bond donors (Lipinski definition) is 1. The van der Waals surface area contributed by atoms with Crippen molar-refractivity contribution in [2.24, 2.45) is 11.1 Å². The van der Waals surface area contributed by atoms with Crippen LogP contribution in [0.1, 0.15) is 23.2 Å². The second-order valence-corrected chi connectivity index (χ2v) is 5.49. The standard InChI is InChI=1S/C17H19NO2/c18-12-17(7-9-20-10-8-17)16(19)15-6-5-13-3-1-2-4-14(13)11-15/h1-6,11H,7-10,12,18H2. The fourth-order valence-electron chi connectivity index (χ4n) is 2.92. The first-order chi connectivity index (χ1) is 9.75. The molecule has 0 amide bonds. The summed E-state index contributed by atoms with van der Waals surface area (Å²) in [6.45, 7) is 1.63. The van der Waals surface area contributed by atoms with Crippen LogP contribution in [0, 0.1) is 5.41 Å². The molecule has 0 radical (unpaired) electrons. The minimum Gasteiger partial charge on any atom is -0.381 e. The lowest BCUT2D eigenvalue weighted by molar-refractivity contribution is 0.0200. The molecule has 2 N–H and O–H groups in total. The van der Waals surface area contributed by atoms with Crippen LogP contribution in [-0.2, 0) is 4.74 Å². The van der Waals surface area contributed by atoms with Crippen molar-refractivity contribution >= 4 is 16.6 Å². The maximum Gasteiger partial charge on any atom is 0.170 e. The van der Waals surface area contributed by atoms with Gasteiger partial charge in [0.1, 0.15) is 0 Å². The van der Waals surface area contributed by atoms with Crippen molar-refractivity contribution < 1.29 is 9.53 Å². The van der Waals surface area contributed by atoms with Gasteiger partial charge in [0.2, 0.25) is 0 Å². The van der Waals surface area contributed by atoms with Crippen molar-refractivity contribution in [3.05, 3.63) is 48.0 Å². The zero-order valence-electron chi connectivity index (χ0n) is 11.5. The number of carbonyl (C=O) groups is 1. The van der Waals surface area contributed by atoms with Gasteiger partial charge in [-0.1, -0.05) is 36.4 Å². The first-order valence-corrected chi connectivity index (χ1v) is 7.07. The molecular formula is C17H19NO2. The number of ketones is 1. The molecule has 3 rings (SSSR count). The molecule has 0 aliphatic carbocycles. The van der Waals surface area contributed by atoms with Gasteiger partial charge in [0.15, 0.2) is 5.78 Å². The summed E-state index contributed by atoms with van der Waals surface area (Å²) in [5, 5.41) is 2.25. The van der Waals surface area contributed by atoms with Gasteiger partial charge in [0, 0.05) is 25.3 Å². The average molecular weight is 269 g/mol. The highest BCUT2D eigenvalue weighted by Crippen LogP contribution is 2.34. The summed E-state index contributed by atoms with van der Waals surface area (Å²) >= 11 is 0. The number of carbonyl (C=O) groups excluding carboxylic acids is 1. The van der Waals surface area contributed by atoms with Crippen LogP contribution in [0.4, 0.5) is 0 Å². The predicted octanol–water partition coefficient (Wildman–Crippen LogP) is 2.78. The largest absolute Gasteiger partial charge is 0.381 e. The molecule has 0 unspecified atom stereocenters. The van der Waals surface area contributed by atoms with Gasteiger partial charge in [0.05, 0.1) is 5.41 Å². The molecule has 104 valence electrons. The Morgan fingerprint density at radius 3 is 2.50 bits per heavy atom. The zero-order valence-corrected chi connectivity index (χ0v) is 11.5. The summed E-state index contributed by atoms with van der Waals surface area (Å²) < 4.78 is 5.38. The number of rotatable bonds is 3. The molecule has 0 aromatic heterocycles. The van der Waals surface area contributed by atoms with Gasteiger partial charge in [-0.3, -0.25) is 4.79 Å². The van der Waals surface area contributed by atoms with Crippen molar-refractivity contribution in [2.45, 2.75) is 12.8 Å². The van der Waals surface area contributed by atoms with E-state index in [4.69, 9.17) is 10.5 Å². The first-order valence-electron chi connectivity index (χ1n) is 7.07. The highest BCUT2D eigenvalue weighted by molar-refractivity contribution is 6.03. The number of hydrogen-bond acceptors (Lipinski definition) is 3. The minimum absolute atomic E-state index is 0.161. The van der Waals surface area contributed by atoms with Gasteiger partial charge in [0.25, 0.3) is 0 Å². The fraction of sp³-hybridized carbons (Fsp3) is 0.353.